The highest BCUT2D eigenvalue weighted by molar-refractivity contribution is 4.98. The summed E-state index contributed by atoms with van der Waals surface area (Å²) < 4.78 is 216. The molecule has 1 saturated heterocycles. The maximum absolute atomic E-state index is 13.6. The monoisotopic (exact) mass is 692 g/mol. The van der Waals surface area contributed by atoms with Gasteiger partial charge in [-0.15, -0.1) is 0 Å². The number of ether oxygens (including phenoxy) is 2. The van der Waals surface area contributed by atoms with Gasteiger partial charge in [-0.25, -0.2) is 17.6 Å². The normalized spacial score (nSPS) is 24.7. The molecule has 0 aromatic heterocycles. The Bertz CT molecular complexity index is 845. The maximum atomic E-state index is 13.6. The zero-order valence-electron chi connectivity index (χ0n) is 23.0. The highest BCUT2D eigenvalue weighted by Gasteiger charge is 2.76. The second kappa shape index (κ2) is 13.8. The lowest BCUT2D eigenvalue weighted by molar-refractivity contribution is -1.02. The number of rotatable bonds is 18. The molecule has 0 bridgehead atoms. The molecule has 0 radical (unpaired) electrons. The van der Waals surface area contributed by atoms with Crippen molar-refractivity contribution in [3.63, 3.8) is 0 Å². The fourth-order valence-electron chi connectivity index (χ4n) is 4.27. The summed E-state index contributed by atoms with van der Waals surface area (Å²) in [6.07, 6.45) is -13.5. The minimum absolute atomic E-state index is 0.0272. The summed E-state index contributed by atoms with van der Waals surface area (Å²) in [4.78, 5) is 0. The van der Waals surface area contributed by atoms with Gasteiger partial charge in [-0.1, -0.05) is 0 Å². The summed E-state index contributed by atoms with van der Waals surface area (Å²) in [5.41, 5.74) is 0. The average Bonchev–Trinajstić information content (AvgIpc) is 2.85. The third-order valence-corrected chi connectivity index (χ3v) is 7.15. The number of aliphatic hydroxyl groups is 2. The van der Waals surface area contributed by atoms with Crippen molar-refractivity contribution in [1.29, 1.82) is 0 Å². The molecule has 0 spiro atoms. The number of piperazine rings is 1. The van der Waals surface area contributed by atoms with Gasteiger partial charge in [-0.3, -0.25) is 0 Å². The second-order valence-electron chi connectivity index (χ2n) is 11.2. The van der Waals surface area contributed by atoms with Crippen LogP contribution >= 0.6 is 0 Å². The smallest absolute Gasteiger partial charge is 0.380 e. The molecule has 0 aromatic carbocycles. The van der Waals surface area contributed by atoms with E-state index >= 15 is 0 Å². The van der Waals surface area contributed by atoms with Gasteiger partial charge in [0, 0.05) is 0 Å². The maximum Gasteiger partial charge on any atom is 0.380 e. The predicted molar refractivity (Wildman–Crippen MR) is 117 cm³/mol. The summed E-state index contributed by atoms with van der Waals surface area (Å²) >= 11 is 0. The van der Waals surface area contributed by atoms with E-state index in [1.54, 1.807) is 0 Å². The Balaban J connectivity index is 2.59. The van der Waals surface area contributed by atoms with Crippen LogP contribution in [0, 0.1) is 0 Å². The van der Waals surface area contributed by atoms with Crippen LogP contribution in [0.15, 0.2) is 0 Å². The number of halogens is 16. The van der Waals surface area contributed by atoms with E-state index in [2.05, 4.69) is 9.47 Å². The van der Waals surface area contributed by atoms with Gasteiger partial charge >= 0.3 is 48.4 Å². The first-order valence-corrected chi connectivity index (χ1v) is 12.5. The van der Waals surface area contributed by atoms with Crippen LogP contribution in [0.3, 0.4) is 0 Å². The van der Waals surface area contributed by atoms with E-state index in [0.29, 0.717) is 0 Å². The summed E-state index contributed by atoms with van der Waals surface area (Å²) in [7, 11) is 3.07. The Hall–Kier alpha value is -1.36. The molecular formula is C22H32F16N2O4+2. The van der Waals surface area contributed by atoms with E-state index in [0.717, 1.165) is 0 Å². The van der Waals surface area contributed by atoms with E-state index in [4.69, 9.17) is 0 Å². The van der Waals surface area contributed by atoms with Crippen LogP contribution in [0.1, 0.15) is 0 Å². The van der Waals surface area contributed by atoms with Crippen molar-refractivity contribution in [2.75, 3.05) is 79.8 Å². The fourth-order valence-corrected chi connectivity index (χ4v) is 4.27. The summed E-state index contributed by atoms with van der Waals surface area (Å²) in [5.74, 6) is -37.1. The molecule has 6 nitrogen and oxygen atoms in total. The van der Waals surface area contributed by atoms with Crippen LogP contribution < -0.4 is 0 Å². The number of quaternary nitrogens is 2. The quantitative estimate of drug-likeness (QED) is 0.169. The zero-order valence-corrected chi connectivity index (χ0v) is 23.0. The average molecular weight is 692 g/mol. The van der Waals surface area contributed by atoms with E-state index in [1.807, 2.05) is 0 Å². The van der Waals surface area contributed by atoms with E-state index in [1.165, 1.54) is 14.1 Å². The zero-order chi connectivity index (χ0) is 34.8. The molecule has 2 unspecified atom stereocenters. The first-order valence-electron chi connectivity index (χ1n) is 12.5. The molecule has 1 aliphatic heterocycles. The Morgan fingerprint density at radius 1 is 0.545 bits per heavy atom. The first-order chi connectivity index (χ1) is 19.5. The van der Waals surface area contributed by atoms with Gasteiger partial charge < -0.3 is 28.7 Å². The Labute approximate surface area is 240 Å². The highest BCUT2D eigenvalue weighted by atomic mass is 19.4. The highest BCUT2D eigenvalue weighted by Crippen LogP contribution is 2.49. The lowest BCUT2D eigenvalue weighted by Crippen LogP contribution is -2.67. The molecule has 44 heavy (non-hydrogen) atoms. The van der Waals surface area contributed by atoms with Gasteiger partial charge in [0.15, 0.2) is 0 Å². The van der Waals surface area contributed by atoms with Crippen LogP contribution in [0.4, 0.5) is 70.2 Å². The van der Waals surface area contributed by atoms with Crippen molar-refractivity contribution in [2.24, 2.45) is 0 Å². The van der Waals surface area contributed by atoms with Crippen molar-refractivity contribution in [2.45, 2.75) is 60.6 Å². The molecule has 1 rings (SSSR count). The van der Waals surface area contributed by atoms with Crippen LogP contribution in [0.5, 0.6) is 0 Å². The van der Waals surface area contributed by atoms with Gasteiger partial charge in [0.1, 0.15) is 64.7 Å². The third-order valence-electron chi connectivity index (χ3n) is 7.15. The molecule has 22 heteroatoms. The fraction of sp³-hybridized carbons (Fsp3) is 1.00. The largest absolute Gasteiger partial charge is 0.385 e. The van der Waals surface area contributed by atoms with Crippen molar-refractivity contribution >= 4 is 0 Å². The number of nitrogens with zero attached hydrogens (tertiary/aromatic N) is 2. The minimum Gasteiger partial charge on any atom is -0.385 e. The van der Waals surface area contributed by atoms with Crippen LogP contribution in [0.2, 0.25) is 0 Å². The van der Waals surface area contributed by atoms with Gasteiger partial charge in [-0.05, 0) is 0 Å². The Morgan fingerprint density at radius 3 is 1.02 bits per heavy atom. The molecule has 1 aliphatic rings. The molecular weight excluding hydrogens is 660 g/mol. The van der Waals surface area contributed by atoms with Crippen molar-refractivity contribution in [3.05, 3.63) is 0 Å². The second-order valence-corrected chi connectivity index (χ2v) is 11.2. The molecule has 0 saturated carbocycles. The lowest BCUT2D eigenvalue weighted by Gasteiger charge is -2.47. The molecule has 0 aliphatic carbocycles. The summed E-state index contributed by atoms with van der Waals surface area (Å²) in [5, 5.41) is 20.2. The standard InChI is InChI=1S/C22H32F16N2O4/c1-39(7-13(41)9-43-11-17(27,28)21(35,36)19(31,32)15(23)24)3-5-40(2,6-4-39)8-14(42)10-44-12-18(29,30)22(37,38)20(33,34)16(25)26/h13-16,41-42H,3-12H2,1-2H3/q+2. The van der Waals surface area contributed by atoms with E-state index < -0.39 is 87.0 Å². The van der Waals surface area contributed by atoms with Gasteiger partial charge in [0.25, 0.3) is 0 Å². The summed E-state index contributed by atoms with van der Waals surface area (Å²) in [6.45, 7) is -6.91. The van der Waals surface area contributed by atoms with Crippen LogP contribution in [0.25, 0.3) is 0 Å². The topological polar surface area (TPSA) is 58.9 Å². The molecule has 2 N–H and O–H groups in total. The number of hydrogen-bond donors (Lipinski definition) is 2. The lowest BCUT2D eigenvalue weighted by atomic mass is 10.1. The predicted octanol–water partition coefficient (Wildman–Crippen LogP) is 3.99. The molecule has 0 aromatic rings. The van der Waals surface area contributed by atoms with Gasteiger partial charge in [0.2, 0.25) is 0 Å². The SMILES string of the molecule is C[N+]1(CC(O)COCC(F)(F)C(F)(F)C(F)(F)C(F)F)CC[N+](C)(CC(O)COCC(F)(F)C(F)(F)C(F)(F)C(F)F)CC1. The number of aliphatic hydroxyl groups excluding tert-OH is 2. The molecule has 0 amide bonds. The molecule has 2 atom stereocenters. The van der Waals surface area contributed by atoms with Crippen LogP contribution in [-0.2, 0) is 9.47 Å². The first kappa shape index (κ1) is 40.7. The van der Waals surface area contributed by atoms with Crippen LogP contribution in [-0.4, -0.2) is 160 Å². The molecule has 1 fully saturated rings. The van der Waals surface area contributed by atoms with Gasteiger partial charge in [-0.2, -0.15) is 52.7 Å². The Morgan fingerprint density at radius 2 is 0.795 bits per heavy atom. The molecule has 1 heterocycles. The number of hydrogen-bond acceptors (Lipinski definition) is 4. The van der Waals surface area contributed by atoms with Crippen molar-refractivity contribution in [1.82, 2.24) is 0 Å². The number of likely N-dealkylation sites (N-methyl/N-ethyl adjacent to an activating group) is 2. The Kier molecular flexibility index (Phi) is 12.7. The van der Waals surface area contributed by atoms with Crippen molar-refractivity contribution in [3.8, 4) is 0 Å². The summed E-state index contributed by atoms with van der Waals surface area (Å²) in [6, 6.07) is 0. The number of alkyl halides is 16. The third kappa shape index (κ3) is 8.91. The van der Waals surface area contributed by atoms with Gasteiger partial charge in [0.05, 0.1) is 27.3 Å². The minimum atomic E-state index is -6.47. The van der Waals surface area contributed by atoms with E-state index in [-0.39, 0.29) is 48.2 Å². The van der Waals surface area contributed by atoms with E-state index in [9.17, 15) is 80.5 Å². The van der Waals surface area contributed by atoms with Crippen molar-refractivity contribution < 1.29 is 98.9 Å². The molecule has 264 valence electrons.